The van der Waals surface area contributed by atoms with Crippen LogP contribution in [0.1, 0.15) is 12.0 Å². The van der Waals surface area contributed by atoms with Crippen molar-refractivity contribution in [3.05, 3.63) is 54.1 Å². The molecule has 1 saturated heterocycles. The maximum atomic E-state index is 13.4. The van der Waals surface area contributed by atoms with Gasteiger partial charge in [0.05, 0.1) is 31.1 Å². The van der Waals surface area contributed by atoms with Crippen LogP contribution in [-0.2, 0) is 14.6 Å². The van der Waals surface area contributed by atoms with E-state index < -0.39 is 21.7 Å². The molecular formula is C23H25F3N3O3S+. The average Bonchev–Trinajstić information content (AvgIpc) is 3.23. The molecule has 33 heavy (non-hydrogen) atoms. The Hall–Kier alpha value is -2.56. The van der Waals surface area contributed by atoms with Crippen molar-refractivity contribution in [2.75, 3.05) is 45.6 Å². The number of alkyl halides is 3. The number of hydrogen-bond acceptors (Lipinski definition) is 5. The van der Waals surface area contributed by atoms with Gasteiger partial charge in [0, 0.05) is 30.0 Å². The van der Waals surface area contributed by atoms with Gasteiger partial charge in [-0.05, 0) is 35.4 Å². The van der Waals surface area contributed by atoms with Crippen LogP contribution in [0.25, 0.3) is 11.1 Å². The van der Waals surface area contributed by atoms with Gasteiger partial charge in [-0.3, -0.25) is 4.90 Å². The fourth-order valence-corrected chi connectivity index (χ4v) is 4.57. The molecule has 1 fully saturated rings. The van der Waals surface area contributed by atoms with Crippen LogP contribution < -0.4 is 0 Å². The summed E-state index contributed by atoms with van der Waals surface area (Å²) in [5.74, 6) is 0. The number of rotatable bonds is 6. The first-order valence-electron chi connectivity index (χ1n) is 10.6. The van der Waals surface area contributed by atoms with Crippen LogP contribution in [0.15, 0.2) is 58.5 Å². The average molecular weight is 481 g/mol. The molecule has 0 saturated carbocycles. The molecule has 0 amide bonds. The molecule has 0 unspecified atom stereocenters. The van der Waals surface area contributed by atoms with Crippen LogP contribution in [0, 0.1) is 0 Å². The number of benzene rings is 2. The molecule has 0 radical (unpaired) electrons. The summed E-state index contributed by atoms with van der Waals surface area (Å²) < 4.78 is 70.6. The van der Waals surface area contributed by atoms with Crippen LogP contribution in [0.3, 0.4) is 0 Å². The molecule has 2 heterocycles. The molecule has 10 heteroatoms. The third-order valence-electron chi connectivity index (χ3n) is 5.76. The minimum absolute atomic E-state index is 0.215. The summed E-state index contributed by atoms with van der Waals surface area (Å²) >= 11 is 0. The van der Waals surface area contributed by atoms with Gasteiger partial charge in [-0.15, -0.1) is 0 Å². The molecule has 2 aromatic carbocycles. The second kappa shape index (κ2) is 9.36. The standard InChI is InChI=1S/C23H25F3N3O3S/c1-33(30,31)20-4-2-3-19(15-20)17-5-7-18(8-6-17)21-16-22(23(24,25)26)27-29(21)10-9-28-11-13-32-14-12-28/h2-8,15H,9-14,16H2,1H3/q+1. The molecule has 2 aliphatic heterocycles. The van der Waals surface area contributed by atoms with E-state index in [1.807, 2.05) is 0 Å². The van der Waals surface area contributed by atoms with E-state index in [1.165, 1.54) is 10.8 Å². The van der Waals surface area contributed by atoms with Crippen molar-refractivity contribution < 1.29 is 31.0 Å². The summed E-state index contributed by atoms with van der Waals surface area (Å²) in [4.78, 5) is 2.37. The van der Waals surface area contributed by atoms with Gasteiger partial charge in [0.15, 0.2) is 22.1 Å². The molecule has 0 aliphatic carbocycles. The number of halogens is 3. The van der Waals surface area contributed by atoms with E-state index in [9.17, 15) is 21.6 Å². The van der Waals surface area contributed by atoms with E-state index in [0.717, 1.165) is 30.5 Å². The van der Waals surface area contributed by atoms with Crippen molar-refractivity contribution in [2.24, 2.45) is 5.10 Å². The number of sulfone groups is 1. The predicted octanol–water partition coefficient (Wildman–Crippen LogP) is 3.21. The Bertz CT molecular complexity index is 1180. The molecule has 176 valence electrons. The topological polar surface area (TPSA) is 62.0 Å². The highest BCUT2D eigenvalue weighted by Gasteiger charge is 2.44. The van der Waals surface area contributed by atoms with Crippen molar-refractivity contribution in [1.82, 2.24) is 4.90 Å². The lowest BCUT2D eigenvalue weighted by Crippen LogP contribution is -2.39. The Morgan fingerprint density at radius 2 is 1.70 bits per heavy atom. The summed E-state index contributed by atoms with van der Waals surface area (Å²) in [6.45, 7) is 3.69. The van der Waals surface area contributed by atoms with Crippen molar-refractivity contribution >= 4 is 21.3 Å². The van der Waals surface area contributed by atoms with Gasteiger partial charge in [0.1, 0.15) is 0 Å². The zero-order chi connectivity index (χ0) is 23.6. The summed E-state index contributed by atoms with van der Waals surface area (Å²) in [6, 6.07) is 13.7. The Labute approximate surface area is 190 Å². The first-order valence-corrected chi connectivity index (χ1v) is 12.5. The normalized spacial score (nSPS) is 18.0. The summed E-state index contributed by atoms with van der Waals surface area (Å²) in [7, 11) is -3.34. The number of hydrogen-bond donors (Lipinski definition) is 0. The molecule has 6 nitrogen and oxygen atoms in total. The maximum Gasteiger partial charge on any atom is 0.435 e. The zero-order valence-electron chi connectivity index (χ0n) is 18.2. The summed E-state index contributed by atoms with van der Waals surface area (Å²) in [5, 5.41) is 3.88. The molecule has 0 spiro atoms. The lowest BCUT2D eigenvalue weighted by molar-refractivity contribution is -0.530. The molecule has 0 N–H and O–H groups in total. The Kier molecular flexibility index (Phi) is 6.69. The lowest BCUT2D eigenvalue weighted by Gasteiger charge is -2.25. The monoisotopic (exact) mass is 480 g/mol. The molecule has 0 atom stereocenters. The third-order valence-corrected chi connectivity index (χ3v) is 6.87. The maximum absolute atomic E-state index is 13.4. The Morgan fingerprint density at radius 1 is 1.03 bits per heavy atom. The summed E-state index contributed by atoms with van der Waals surface area (Å²) in [6.07, 6.45) is -3.61. The van der Waals surface area contributed by atoms with E-state index in [0.29, 0.717) is 37.6 Å². The molecular weight excluding hydrogens is 455 g/mol. The largest absolute Gasteiger partial charge is 0.435 e. The third kappa shape index (κ3) is 5.69. The van der Waals surface area contributed by atoms with Gasteiger partial charge < -0.3 is 4.74 Å². The number of morpholine rings is 1. The van der Waals surface area contributed by atoms with Crippen molar-refractivity contribution in [1.29, 1.82) is 0 Å². The van der Waals surface area contributed by atoms with Crippen molar-refractivity contribution in [2.45, 2.75) is 17.5 Å². The highest BCUT2D eigenvalue weighted by molar-refractivity contribution is 7.90. The lowest BCUT2D eigenvalue weighted by atomic mass is 10.00. The van der Waals surface area contributed by atoms with E-state index >= 15 is 0 Å². The Morgan fingerprint density at radius 3 is 2.33 bits per heavy atom. The highest BCUT2D eigenvalue weighted by Crippen LogP contribution is 2.27. The van der Waals surface area contributed by atoms with Crippen LogP contribution in [0.2, 0.25) is 0 Å². The summed E-state index contributed by atoms with van der Waals surface area (Å²) in [5.41, 5.74) is 1.86. The minimum Gasteiger partial charge on any atom is -0.379 e. The van der Waals surface area contributed by atoms with E-state index in [4.69, 9.17) is 4.74 Å². The first kappa shape index (κ1) is 23.6. The smallest absolute Gasteiger partial charge is 0.379 e. The SMILES string of the molecule is CS(=O)(=O)c1cccc(-c2ccc(C3=[N+](CCN4CCOCC4)N=C(C(F)(F)F)C3)cc2)c1. The van der Waals surface area contributed by atoms with Crippen LogP contribution in [0.5, 0.6) is 0 Å². The van der Waals surface area contributed by atoms with Crippen molar-refractivity contribution in [3.8, 4) is 11.1 Å². The number of nitrogens with zero attached hydrogens (tertiary/aromatic N) is 3. The number of ether oxygens (including phenoxy) is 1. The van der Waals surface area contributed by atoms with E-state index in [2.05, 4.69) is 10.0 Å². The fourth-order valence-electron chi connectivity index (χ4n) is 3.91. The van der Waals surface area contributed by atoms with Crippen molar-refractivity contribution in [3.63, 3.8) is 0 Å². The van der Waals surface area contributed by atoms with Gasteiger partial charge in [-0.25, -0.2) is 8.42 Å². The van der Waals surface area contributed by atoms with E-state index in [-0.39, 0.29) is 11.3 Å². The molecule has 2 aliphatic rings. The van der Waals surface area contributed by atoms with Gasteiger partial charge in [-0.1, -0.05) is 28.9 Å². The zero-order valence-corrected chi connectivity index (χ0v) is 19.0. The molecule has 0 bridgehead atoms. The first-order chi connectivity index (χ1) is 15.6. The number of hydrazone groups is 1. The van der Waals surface area contributed by atoms with Crippen LogP contribution in [0.4, 0.5) is 13.2 Å². The highest BCUT2D eigenvalue weighted by atomic mass is 32.2. The van der Waals surface area contributed by atoms with Gasteiger partial charge in [0.25, 0.3) is 0 Å². The predicted molar refractivity (Wildman–Crippen MR) is 120 cm³/mol. The van der Waals surface area contributed by atoms with Gasteiger partial charge in [-0.2, -0.15) is 13.2 Å². The molecule has 4 rings (SSSR count). The molecule has 0 aromatic heterocycles. The second-order valence-electron chi connectivity index (χ2n) is 8.12. The quantitative estimate of drug-likeness (QED) is 0.596. The Balaban J connectivity index is 1.58. The van der Waals surface area contributed by atoms with Gasteiger partial charge >= 0.3 is 6.18 Å². The second-order valence-corrected chi connectivity index (χ2v) is 10.1. The minimum atomic E-state index is -4.48. The van der Waals surface area contributed by atoms with Gasteiger partial charge in [0.2, 0.25) is 5.71 Å². The van der Waals surface area contributed by atoms with Crippen LogP contribution >= 0.6 is 0 Å². The van der Waals surface area contributed by atoms with E-state index in [1.54, 1.807) is 42.5 Å². The molecule has 2 aromatic rings. The fraction of sp³-hybridized carbons (Fsp3) is 0.391. The van der Waals surface area contributed by atoms with Crippen LogP contribution in [-0.4, -0.2) is 81.3 Å².